The van der Waals surface area contributed by atoms with Gasteiger partial charge in [0.1, 0.15) is 0 Å². The SMILES string of the molecule is CC(C)OCCCOCCCOCCCOCCCOCC(C)(C)C. The summed E-state index contributed by atoms with van der Waals surface area (Å²) in [5, 5.41) is 0. The van der Waals surface area contributed by atoms with E-state index in [2.05, 4.69) is 20.8 Å². The molecule has 0 aromatic carbocycles. The van der Waals surface area contributed by atoms with Crippen LogP contribution in [0.15, 0.2) is 0 Å². The topological polar surface area (TPSA) is 46.2 Å². The largest absolute Gasteiger partial charge is 0.381 e. The molecule has 0 N–H and O–H groups in total. The van der Waals surface area contributed by atoms with E-state index in [0.717, 1.165) is 85.1 Å². The molecule has 0 aromatic heterocycles. The fourth-order valence-electron chi connectivity index (χ4n) is 1.95. The first-order chi connectivity index (χ1) is 11.9. The summed E-state index contributed by atoms with van der Waals surface area (Å²) in [6.45, 7) is 17.5. The van der Waals surface area contributed by atoms with Crippen molar-refractivity contribution in [3.05, 3.63) is 0 Å². The standard InChI is InChI=1S/C20H42O5/c1-19(2)25-17-9-15-23-13-7-11-21-10-6-12-22-14-8-16-24-18-20(3,4)5/h19H,6-18H2,1-5H3. The lowest BCUT2D eigenvalue weighted by Gasteiger charge is -2.17. The Kier molecular flexibility index (Phi) is 17.1. The van der Waals surface area contributed by atoms with Gasteiger partial charge in [0, 0.05) is 52.9 Å². The van der Waals surface area contributed by atoms with E-state index >= 15 is 0 Å². The van der Waals surface area contributed by atoms with Crippen LogP contribution in [0.25, 0.3) is 0 Å². The molecule has 0 atom stereocenters. The van der Waals surface area contributed by atoms with Crippen LogP contribution in [0.5, 0.6) is 0 Å². The molecule has 25 heavy (non-hydrogen) atoms. The third-order valence-corrected chi connectivity index (χ3v) is 3.15. The predicted octanol–water partition coefficient (Wildman–Crippen LogP) is 4.08. The molecule has 0 aromatic rings. The quantitative estimate of drug-likeness (QED) is 0.344. The molecule has 0 aliphatic heterocycles. The van der Waals surface area contributed by atoms with Crippen LogP contribution in [0.4, 0.5) is 0 Å². The molecular weight excluding hydrogens is 320 g/mol. The second-order valence-corrected chi connectivity index (χ2v) is 7.78. The minimum atomic E-state index is 0.241. The highest BCUT2D eigenvalue weighted by Crippen LogP contribution is 2.12. The van der Waals surface area contributed by atoms with Gasteiger partial charge in [0.15, 0.2) is 0 Å². The maximum Gasteiger partial charge on any atom is 0.0518 e. The number of hydrogen-bond donors (Lipinski definition) is 0. The minimum absolute atomic E-state index is 0.241. The highest BCUT2D eigenvalue weighted by molar-refractivity contribution is 4.58. The lowest BCUT2D eigenvalue weighted by atomic mass is 9.99. The van der Waals surface area contributed by atoms with Crippen LogP contribution in [-0.2, 0) is 23.7 Å². The molecule has 0 saturated heterocycles. The van der Waals surface area contributed by atoms with Crippen LogP contribution in [0.3, 0.4) is 0 Å². The Balaban J connectivity index is 3.03. The first-order valence-corrected chi connectivity index (χ1v) is 9.84. The summed E-state index contributed by atoms with van der Waals surface area (Å²) in [6.07, 6.45) is 4.10. The second kappa shape index (κ2) is 17.2. The maximum absolute atomic E-state index is 5.60. The Morgan fingerprint density at radius 1 is 0.560 bits per heavy atom. The molecule has 5 heteroatoms. The van der Waals surface area contributed by atoms with Crippen molar-refractivity contribution >= 4 is 0 Å². The van der Waals surface area contributed by atoms with Gasteiger partial charge < -0.3 is 23.7 Å². The van der Waals surface area contributed by atoms with Crippen molar-refractivity contribution < 1.29 is 23.7 Å². The molecule has 0 amide bonds. The van der Waals surface area contributed by atoms with E-state index in [4.69, 9.17) is 23.7 Å². The van der Waals surface area contributed by atoms with Crippen molar-refractivity contribution in [2.75, 3.05) is 59.5 Å². The summed E-state index contributed by atoms with van der Waals surface area (Å²) in [7, 11) is 0. The summed E-state index contributed by atoms with van der Waals surface area (Å²) in [5.74, 6) is 0. The summed E-state index contributed by atoms with van der Waals surface area (Å²) in [5.41, 5.74) is 0.241. The normalized spacial score (nSPS) is 12.2. The molecule has 0 rings (SSSR count). The number of ether oxygens (including phenoxy) is 5. The summed E-state index contributed by atoms with van der Waals surface area (Å²) in [6, 6.07) is 0. The fourth-order valence-corrected chi connectivity index (χ4v) is 1.95. The van der Waals surface area contributed by atoms with Crippen molar-refractivity contribution in [3.63, 3.8) is 0 Å². The molecule has 0 aliphatic rings. The van der Waals surface area contributed by atoms with Gasteiger partial charge in [-0.15, -0.1) is 0 Å². The molecule has 0 unspecified atom stereocenters. The zero-order valence-corrected chi connectivity index (χ0v) is 17.3. The zero-order chi connectivity index (χ0) is 18.8. The van der Waals surface area contributed by atoms with Crippen molar-refractivity contribution in [3.8, 4) is 0 Å². The Hall–Kier alpha value is -0.200. The van der Waals surface area contributed by atoms with Gasteiger partial charge in [0.2, 0.25) is 0 Å². The molecule has 152 valence electrons. The molecule has 0 aliphatic carbocycles. The van der Waals surface area contributed by atoms with Crippen LogP contribution in [0.2, 0.25) is 0 Å². The monoisotopic (exact) mass is 362 g/mol. The smallest absolute Gasteiger partial charge is 0.0518 e. The van der Waals surface area contributed by atoms with Crippen LogP contribution in [0, 0.1) is 5.41 Å². The molecular formula is C20H42O5. The van der Waals surface area contributed by atoms with Gasteiger partial charge in [0.25, 0.3) is 0 Å². The average molecular weight is 363 g/mol. The van der Waals surface area contributed by atoms with Gasteiger partial charge >= 0.3 is 0 Å². The highest BCUT2D eigenvalue weighted by Gasteiger charge is 2.09. The van der Waals surface area contributed by atoms with Crippen molar-refractivity contribution in [2.45, 2.75) is 66.4 Å². The van der Waals surface area contributed by atoms with Gasteiger partial charge in [-0.05, 0) is 44.9 Å². The van der Waals surface area contributed by atoms with Crippen molar-refractivity contribution in [1.29, 1.82) is 0 Å². The molecule has 0 fully saturated rings. The van der Waals surface area contributed by atoms with E-state index in [1.807, 2.05) is 13.8 Å². The van der Waals surface area contributed by atoms with E-state index in [1.165, 1.54) is 0 Å². The van der Waals surface area contributed by atoms with Crippen molar-refractivity contribution in [2.24, 2.45) is 5.41 Å². The molecule has 5 nitrogen and oxygen atoms in total. The van der Waals surface area contributed by atoms with Gasteiger partial charge in [-0.1, -0.05) is 20.8 Å². The molecule has 0 heterocycles. The Labute approximate surface area is 155 Å². The second-order valence-electron chi connectivity index (χ2n) is 7.78. The third kappa shape index (κ3) is 23.8. The minimum Gasteiger partial charge on any atom is -0.381 e. The number of rotatable bonds is 18. The lowest BCUT2D eigenvalue weighted by molar-refractivity contribution is 0.0351. The Morgan fingerprint density at radius 2 is 0.920 bits per heavy atom. The van der Waals surface area contributed by atoms with Gasteiger partial charge in [0.05, 0.1) is 12.7 Å². The average Bonchev–Trinajstić information content (AvgIpc) is 2.52. The van der Waals surface area contributed by atoms with Gasteiger partial charge in [-0.3, -0.25) is 0 Å². The summed E-state index contributed by atoms with van der Waals surface area (Å²) >= 11 is 0. The molecule has 0 bridgehead atoms. The van der Waals surface area contributed by atoms with Crippen LogP contribution >= 0.6 is 0 Å². The molecule has 0 spiro atoms. The zero-order valence-electron chi connectivity index (χ0n) is 17.3. The molecule has 0 radical (unpaired) electrons. The number of hydrogen-bond acceptors (Lipinski definition) is 5. The first kappa shape index (κ1) is 24.8. The van der Waals surface area contributed by atoms with E-state index in [9.17, 15) is 0 Å². The fraction of sp³-hybridized carbons (Fsp3) is 1.00. The van der Waals surface area contributed by atoms with Crippen LogP contribution in [0.1, 0.15) is 60.3 Å². The van der Waals surface area contributed by atoms with Crippen LogP contribution < -0.4 is 0 Å². The van der Waals surface area contributed by atoms with E-state index < -0.39 is 0 Å². The third-order valence-electron chi connectivity index (χ3n) is 3.15. The lowest BCUT2D eigenvalue weighted by Crippen LogP contribution is -2.15. The Morgan fingerprint density at radius 3 is 1.28 bits per heavy atom. The van der Waals surface area contributed by atoms with E-state index in [0.29, 0.717) is 6.10 Å². The van der Waals surface area contributed by atoms with Gasteiger partial charge in [-0.25, -0.2) is 0 Å². The maximum atomic E-state index is 5.60. The Bertz CT molecular complexity index is 263. The molecule has 0 saturated carbocycles. The summed E-state index contributed by atoms with van der Waals surface area (Å²) in [4.78, 5) is 0. The van der Waals surface area contributed by atoms with Gasteiger partial charge in [-0.2, -0.15) is 0 Å². The predicted molar refractivity (Wildman–Crippen MR) is 102 cm³/mol. The van der Waals surface area contributed by atoms with Crippen molar-refractivity contribution in [1.82, 2.24) is 0 Å². The van der Waals surface area contributed by atoms with Crippen LogP contribution in [-0.4, -0.2) is 65.6 Å². The van der Waals surface area contributed by atoms with E-state index in [-0.39, 0.29) is 5.41 Å². The highest BCUT2D eigenvalue weighted by atomic mass is 16.5. The van der Waals surface area contributed by atoms with E-state index in [1.54, 1.807) is 0 Å². The first-order valence-electron chi connectivity index (χ1n) is 9.84. The summed E-state index contributed by atoms with van der Waals surface area (Å²) < 4.78 is 27.7.